The molecule has 2 fully saturated rings. The molecule has 0 aromatic rings. The molecule has 3 atom stereocenters. The largest absolute Gasteiger partial charge is 0.380 e. The summed E-state index contributed by atoms with van der Waals surface area (Å²) in [4.78, 5) is 2.43. The van der Waals surface area contributed by atoms with E-state index >= 15 is 0 Å². The third-order valence-electron chi connectivity index (χ3n) is 3.72. The molecule has 0 spiro atoms. The summed E-state index contributed by atoms with van der Waals surface area (Å²) >= 11 is 0. The van der Waals surface area contributed by atoms with Gasteiger partial charge < -0.3 is 15.0 Å². The Kier molecular flexibility index (Phi) is 4.00. The molecule has 3 unspecified atom stereocenters. The molecular formula is C12H24N2O. The third kappa shape index (κ3) is 3.16. The maximum atomic E-state index is 5.51. The molecule has 2 saturated heterocycles. The van der Waals surface area contributed by atoms with E-state index in [0.29, 0.717) is 12.1 Å². The van der Waals surface area contributed by atoms with Gasteiger partial charge in [0.25, 0.3) is 0 Å². The van der Waals surface area contributed by atoms with Crippen LogP contribution in [0.3, 0.4) is 0 Å². The molecule has 1 N–H and O–H groups in total. The molecule has 2 aliphatic rings. The Hall–Kier alpha value is -0.120. The summed E-state index contributed by atoms with van der Waals surface area (Å²) < 4.78 is 5.51. The lowest BCUT2D eigenvalue weighted by Gasteiger charge is -2.38. The Balaban J connectivity index is 1.77. The lowest BCUT2D eigenvalue weighted by Crippen LogP contribution is -2.52. The van der Waals surface area contributed by atoms with Crippen molar-refractivity contribution in [2.75, 3.05) is 33.4 Å². The van der Waals surface area contributed by atoms with Crippen LogP contribution in [0.25, 0.3) is 0 Å². The van der Waals surface area contributed by atoms with E-state index in [2.05, 4.69) is 24.2 Å². The van der Waals surface area contributed by atoms with Crippen molar-refractivity contribution in [3.8, 4) is 0 Å². The highest BCUT2D eigenvalue weighted by molar-refractivity contribution is 4.85. The lowest BCUT2D eigenvalue weighted by molar-refractivity contribution is 0.0564. The second-order valence-electron chi connectivity index (χ2n) is 5.22. The SMILES string of the molecule is CC1CN(C)CCC1NC1CCCOC1. The summed E-state index contributed by atoms with van der Waals surface area (Å²) in [6, 6.07) is 1.31. The van der Waals surface area contributed by atoms with Gasteiger partial charge in [0.15, 0.2) is 0 Å². The quantitative estimate of drug-likeness (QED) is 0.742. The number of piperidine rings is 1. The van der Waals surface area contributed by atoms with Gasteiger partial charge in [-0.2, -0.15) is 0 Å². The highest BCUT2D eigenvalue weighted by Crippen LogP contribution is 2.17. The van der Waals surface area contributed by atoms with Crippen LogP contribution in [0.1, 0.15) is 26.2 Å². The van der Waals surface area contributed by atoms with Gasteiger partial charge >= 0.3 is 0 Å². The summed E-state index contributed by atoms with van der Waals surface area (Å²) in [5.74, 6) is 0.769. The first-order chi connectivity index (χ1) is 7.25. The van der Waals surface area contributed by atoms with Crippen LogP contribution >= 0.6 is 0 Å². The molecule has 2 heterocycles. The fourth-order valence-electron chi connectivity index (χ4n) is 2.78. The Labute approximate surface area is 93.2 Å². The molecule has 3 heteroatoms. The minimum Gasteiger partial charge on any atom is -0.380 e. The topological polar surface area (TPSA) is 24.5 Å². The molecule has 0 aromatic heterocycles. The molecule has 0 bridgehead atoms. The number of nitrogens with one attached hydrogen (secondary N) is 1. The molecule has 0 amide bonds. The zero-order valence-electron chi connectivity index (χ0n) is 10.0. The van der Waals surface area contributed by atoms with Gasteiger partial charge in [-0.25, -0.2) is 0 Å². The first-order valence-electron chi connectivity index (χ1n) is 6.28. The first-order valence-corrected chi connectivity index (χ1v) is 6.28. The van der Waals surface area contributed by atoms with Crippen molar-refractivity contribution in [3.05, 3.63) is 0 Å². The van der Waals surface area contributed by atoms with Gasteiger partial charge in [0.05, 0.1) is 6.61 Å². The van der Waals surface area contributed by atoms with E-state index in [0.717, 1.165) is 19.1 Å². The van der Waals surface area contributed by atoms with E-state index < -0.39 is 0 Å². The predicted molar refractivity (Wildman–Crippen MR) is 62.0 cm³/mol. The monoisotopic (exact) mass is 212 g/mol. The summed E-state index contributed by atoms with van der Waals surface area (Å²) in [5.41, 5.74) is 0. The number of ether oxygens (including phenoxy) is 1. The minimum atomic E-state index is 0.606. The number of rotatable bonds is 2. The highest BCUT2D eigenvalue weighted by atomic mass is 16.5. The molecule has 2 rings (SSSR count). The van der Waals surface area contributed by atoms with Crippen molar-refractivity contribution in [2.45, 2.75) is 38.3 Å². The molecule has 3 nitrogen and oxygen atoms in total. The molecule has 2 aliphatic heterocycles. The van der Waals surface area contributed by atoms with Crippen molar-refractivity contribution in [1.29, 1.82) is 0 Å². The zero-order chi connectivity index (χ0) is 10.7. The van der Waals surface area contributed by atoms with Gasteiger partial charge in [-0.15, -0.1) is 0 Å². The first kappa shape index (κ1) is 11.4. The van der Waals surface area contributed by atoms with Crippen LogP contribution in [0, 0.1) is 5.92 Å². The molecule has 0 saturated carbocycles. The Morgan fingerprint density at radius 3 is 2.87 bits per heavy atom. The van der Waals surface area contributed by atoms with Gasteiger partial charge in [0, 0.05) is 25.2 Å². The second-order valence-corrected chi connectivity index (χ2v) is 5.22. The smallest absolute Gasteiger partial charge is 0.0619 e. The van der Waals surface area contributed by atoms with Crippen molar-refractivity contribution < 1.29 is 4.74 Å². The van der Waals surface area contributed by atoms with E-state index in [1.165, 1.54) is 32.4 Å². The highest BCUT2D eigenvalue weighted by Gasteiger charge is 2.26. The number of hydrogen-bond donors (Lipinski definition) is 1. The van der Waals surface area contributed by atoms with Gasteiger partial charge in [-0.05, 0) is 38.8 Å². The third-order valence-corrected chi connectivity index (χ3v) is 3.72. The van der Waals surface area contributed by atoms with E-state index in [1.807, 2.05) is 0 Å². The van der Waals surface area contributed by atoms with Crippen LogP contribution in [0.5, 0.6) is 0 Å². The van der Waals surface area contributed by atoms with Gasteiger partial charge in [0.1, 0.15) is 0 Å². The molecule has 88 valence electrons. The maximum Gasteiger partial charge on any atom is 0.0619 e. The average Bonchev–Trinajstić information content (AvgIpc) is 2.24. The van der Waals surface area contributed by atoms with Crippen molar-refractivity contribution >= 4 is 0 Å². The van der Waals surface area contributed by atoms with Crippen molar-refractivity contribution in [1.82, 2.24) is 10.2 Å². The van der Waals surface area contributed by atoms with E-state index in [-0.39, 0.29) is 0 Å². The predicted octanol–water partition coefficient (Wildman–Crippen LogP) is 1.10. The molecular weight excluding hydrogens is 188 g/mol. The fourth-order valence-corrected chi connectivity index (χ4v) is 2.78. The van der Waals surface area contributed by atoms with Gasteiger partial charge in [0.2, 0.25) is 0 Å². The van der Waals surface area contributed by atoms with E-state index in [1.54, 1.807) is 0 Å². The van der Waals surface area contributed by atoms with Crippen LogP contribution in [0.2, 0.25) is 0 Å². The summed E-state index contributed by atoms with van der Waals surface area (Å²) in [5, 5.41) is 3.78. The summed E-state index contributed by atoms with van der Waals surface area (Å²) in [7, 11) is 2.22. The molecule has 0 aromatic carbocycles. The van der Waals surface area contributed by atoms with Crippen molar-refractivity contribution in [3.63, 3.8) is 0 Å². The molecule has 0 radical (unpaired) electrons. The van der Waals surface area contributed by atoms with Crippen LogP contribution < -0.4 is 5.32 Å². The van der Waals surface area contributed by atoms with Crippen LogP contribution in [0.15, 0.2) is 0 Å². The second kappa shape index (κ2) is 5.28. The van der Waals surface area contributed by atoms with Gasteiger partial charge in [-0.3, -0.25) is 0 Å². The number of likely N-dealkylation sites (tertiary alicyclic amines) is 1. The normalized spacial score (nSPS) is 39.2. The van der Waals surface area contributed by atoms with Crippen LogP contribution in [-0.4, -0.2) is 50.3 Å². The maximum absolute atomic E-state index is 5.51. The lowest BCUT2D eigenvalue weighted by atomic mass is 9.93. The standard InChI is InChI=1S/C12H24N2O/c1-10-8-14(2)6-5-12(10)13-11-4-3-7-15-9-11/h10-13H,3-9H2,1-2H3. The van der Waals surface area contributed by atoms with Crippen LogP contribution in [-0.2, 0) is 4.74 Å². The molecule has 0 aliphatic carbocycles. The fraction of sp³-hybridized carbons (Fsp3) is 1.00. The van der Waals surface area contributed by atoms with E-state index in [9.17, 15) is 0 Å². The van der Waals surface area contributed by atoms with Crippen LogP contribution in [0.4, 0.5) is 0 Å². The molecule has 15 heavy (non-hydrogen) atoms. The summed E-state index contributed by atoms with van der Waals surface area (Å²) in [6.07, 6.45) is 3.80. The van der Waals surface area contributed by atoms with E-state index in [4.69, 9.17) is 4.74 Å². The number of hydrogen-bond acceptors (Lipinski definition) is 3. The Morgan fingerprint density at radius 1 is 1.33 bits per heavy atom. The summed E-state index contributed by atoms with van der Waals surface area (Å²) in [6.45, 7) is 6.69. The average molecular weight is 212 g/mol. The van der Waals surface area contributed by atoms with Gasteiger partial charge in [-0.1, -0.05) is 6.92 Å². The van der Waals surface area contributed by atoms with Crippen molar-refractivity contribution in [2.24, 2.45) is 5.92 Å². The zero-order valence-corrected chi connectivity index (χ0v) is 10.0. The Morgan fingerprint density at radius 2 is 2.20 bits per heavy atom. The minimum absolute atomic E-state index is 0.606. The number of nitrogens with zero attached hydrogens (tertiary/aromatic N) is 1. The Bertz CT molecular complexity index is 192.